The quantitative estimate of drug-likeness (QED) is 0.703. The molecular formula is C14H22FNO. The number of nitrogens with one attached hydrogen (secondary N) is 1. The van der Waals surface area contributed by atoms with E-state index in [-0.39, 0.29) is 11.9 Å². The van der Waals surface area contributed by atoms with E-state index in [0.29, 0.717) is 0 Å². The van der Waals surface area contributed by atoms with Gasteiger partial charge in [0.15, 0.2) is 0 Å². The second-order valence-electron chi connectivity index (χ2n) is 4.19. The van der Waals surface area contributed by atoms with Gasteiger partial charge in [-0.25, -0.2) is 4.39 Å². The summed E-state index contributed by atoms with van der Waals surface area (Å²) in [6.45, 7) is 6.75. The number of hydrogen-bond donors (Lipinski definition) is 1. The number of halogens is 1. The minimum absolute atomic E-state index is 0.186. The van der Waals surface area contributed by atoms with Crippen molar-refractivity contribution in [2.24, 2.45) is 0 Å². The van der Waals surface area contributed by atoms with Crippen LogP contribution < -0.4 is 5.32 Å². The third-order valence-corrected chi connectivity index (χ3v) is 2.63. The molecule has 3 heteroatoms. The highest BCUT2D eigenvalue weighted by Crippen LogP contribution is 2.12. The van der Waals surface area contributed by atoms with Gasteiger partial charge in [0.25, 0.3) is 0 Å². The molecule has 1 atom stereocenters. The van der Waals surface area contributed by atoms with Crippen molar-refractivity contribution in [3.05, 3.63) is 35.6 Å². The molecule has 2 nitrogen and oxygen atoms in total. The highest BCUT2D eigenvalue weighted by molar-refractivity contribution is 5.19. The Balaban J connectivity index is 2.16. The van der Waals surface area contributed by atoms with Gasteiger partial charge in [0.2, 0.25) is 0 Å². The molecule has 0 bridgehead atoms. The molecule has 1 aromatic rings. The van der Waals surface area contributed by atoms with Crippen molar-refractivity contribution in [3.8, 4) is 0 Å². The zero-order valence-electron chi connectivity index (χ0n) is 10.7. The zero-order chi connectivity index (χ0) is 12.5. The van der Waals surface area contributed by atoms with E-state index in [1.165, 1.54) is 12.1 Å². The number of benzene rings is 1. The van der Waals surface area contributed by atoms with Crippen LogP contribution in [0.5, 0.6) is 0 Å². The normalized spacial score (nSPS) is 12.6. The van der Waals surface area contributed by atoms with Crippen LogP contribution in [0.2, 0.25) is 0 Å². The monoisotopic (exact) mass is 239 g/mol. The molecular weight excluding hydrogens is 217 g/mol. The van der Waals surface area contributed by atoms with Gasteiger partial charge in [-0.15, -0.1) is 0 Å². The van der Waals surface area contributed by atoms with Crippen LogP contribution in [0.3, 0.4) is 0 Å². The van der Waals surface area contributed by atoms with E-state index in [1.807, 2.05) is 12.1 Å². The van der Waals surface area contributed by atoms with Crippen molar-refractivity contribution < 1.29 is 9.13 Å². The number of hydrogen-bond acceptors (Lipinski definition) is 2. The molecule has 0 aliphatic rings. The van der Waals surface area contributed by atoms with Crippen LogP contribution in [-0.2, 0) is 4.74 Å². The van der Waals surface area contributed by atoms with Gasteiger partial charge in [-0.05, 0) is 44.0 Å². The van der Waals surface area contributed by atoms with Crippen molar-refractivity contribution in [2.45, 2.75) is 32.7 Å². The second-order valence-corrected chi connectivity index (χ2v) is 4.19. The Morgan fingerprint density at radius 3 is 2.59 bits per heavy atom. The molecule has 0 aliphatic heterocycles. The van der Waals surface area contributed by atoms with Crippen LogP contribution in [0.25, 0.3) is 0 Å². The van der Waals surface area contributed by atoms with Crippen molar-refractivity contribution in [1.29, 1.82) is 0 Å². The maximum Gasteiger partial charge on any atom is 0.123 e. The van der Waals surface area contributed by atoms with Gasteiger partial charge in [0, 0.05) is 19.3 Å². The fraction of sp³-hybridized carbons (Fsp3) is 0.571. The highest BCUT2D eigenvalue weighted by Gasteiger charge is 2.03. The van der Waals surface area contributed by atoms with Crippen LogP contribution in [0.15, 0.2) is 24.3 Å². The van der Waals surface area contributed by atoms with E-state index >= 15 is 0 Å². The van der Waals surface area contributed by atoms with E-state index in [9.17, 15) is 4.39 Å². The molecule has 0 fully saturated rings. The Morgan fingerprint density at radius 2 is 1.94 bits per heavy atom. The summed E-state index contributed by atoms with van der Waals surface area (Å²) in [7, 11) is 0. The van der Waals surface area contributed by atoms with Gasteiger partial charge in [-0.1, -0.05) is 19.1 Å². The molecule has 0 saturated heterocycles. The predicted octanol–water partition coefficient (Wildman–Crippen LogP) is 3.29. The van der Waals surface area contributed by atoms with Crippen molar-refractivity contribution >= 4 is 0 Å². The van der Waals surface area contributed by atoms with E-state index in [2.05, 4.69) is 19.2 Å². The molecule has 0 amide bonds. The van der Waals surface area contributed by atoms with E-state index in [0.717, 1.165) is 38.2 Å². The number of ether oxygens (including phenoxy) is 1. The lowest BCUT2D eigenvalue weighted by atomic mass is 10.1. The predicted molar refractivity (Wildman–Crippen MR) is 68.5 cm³/mol. The third kappa shape index (κ3) is 5.80. The van der Waals surface area contributed by atoms with Gasteiger partial charge < -0.3 is 10.1 Å². The van der Waals surface area contributed by atoms with E-state index in [1.54, 1.807) is 0 Å². The summed E-state index contributed by atoms with van der Waals surface area (Å²) in [4.78, 5) is 0. The average molecular weight is 239 g/mol. The zero-order valence-corrected chi connectivity index (χ0v) is 10.7. The van der Waals surface area contributed by atoms with Crippen LogP contribution in [0.1, 0.15) is 38.3 Å². The lowest BCUT2D eigenvalue weighted by molar-refractivity contribution is 0.132. The Hall–Kier alpha value is -0.930. The minimum Gasteiger partial charge on any atom is -0.381 e. The van der Waals surface area contributed by atoms with E-state index < -0.39 is 0 Å². The second kappa shape index (κ2) is 8.20. The summed E-state index contributed by atoms with van der Waals surface area (Å²) in [5.74, 6) is -0.186. The van der Waals surface area contributed by atoms with Gasteiger partial charge in [-0.2, -0.15) is 0 Å². The maximum atomic E-state index is 12.7. The molecule has 1 unspecified atom stereocenters. The molecule has 0 spiro atoms. The van der Waals surface area contributed by atoms with Crippen LogP contribution in [-0.4, -0.2) is 19.8 Å². The summed E-state index contributed by atoms with van der Waals surface area (Å²) in [5, 5.41) is 3.39. The van der Waals surface area contributed by atoms with Gasteiger partial charge in [0.1, 0.15) is 5.82 Å². The third-order valence-electron chi connectivity index (χ3n) is 2.63. The van der Waals surface area contributed by atoms with Gasteiger partial charge >= 0.3 is 0 Å². The standard InChI is InChI=1S/C14H22FNO/c1-3-10-17-11-4-9-16-12(2)13-5-7-14(15)8-6-13/h5-8,12,16H,3-4,9-11H2,1-2H3. The molecule has 0 aliphatic carbocycles. The first kappa shape index (κ1) is 14.1. The molecule has 0 aromatic heterocycles. The fourth-order valence-corrected chi connectivity index (χ4v) is 1.61. The largest absolute Gasteiger partial charge is 0.381 e. The van der Waals surface area contributed by atoms with E-state index in [4.69, 9.17) is 4.74 Å². The molecule has 1 rings (SSSR count). The molecule has 96 valence electrons. The molecule has 17 heavy (non-hydrogen) atoms. The lowest BCUT2D eigenvalue weighted by Gasteiger charge is -2.14. The Bertz CT molecular complexity index is 300. The average Bonchev–Trinajstić information content (AvgIpc) is 2.34. The molecule has 1 aromatic carbocycles. The maximum absolute atomic E-state index is 12.7. The summed E-state index contributed by atoms with van der Waals surface area (Å²) in [6, 6.07) is 6.89. The van der Waals surface area contributed by atoms with Crippen LogP contribution in [0.4, 0.5) is 4.39 Å². The molecule has 0 heterocycles. The Morgan fingerprint density at radius 1 is 1.24 bits per heavy atom. The SMILES string of the molecule is CCCOCCCNC(C)c1ccc(F)cc1. The van der Waals surface area contributed by atoms with Gasteiger partial charge in [-0.3, -0.25) is 0 Å². The first-order chi connectivity index (χ1) is 8.24. The van der Waals surface area contributed by atoms with Crippen molar-refractivity contribution in [2.75, 3.05) is 19.8 Å². The summed E-state index contributed by atoms with van der Waals surface area (Å²) in [6.07, 6.45) is 2.07. The summed E-state index contributed by atoms with van der Waals surface area (Å²) >= 11 is 0. The molecule has 0 radical (unpaired) electrons. The first-order valence-electron chi connectivity index (χ1n) is 6.30. The summed E-state index contributed by atoms with van der Waals surface area (Å²) < 4.78 is 18.1. The molecule has 0 saturated carbocycles. The first-order valence-corrected chi connectivity index (χ1v) is 6.30. The lowest BCUT2D eigenvalue weighted by Crippen LogP contribution is -2.21. The Kier molecular flexibility index (Phi) is 6.82. The fourth-order valence-electron chi connectivity index (χ4n) is 1.61. The highest BCUT2D eigenvalue weighted by atomic mass is 19.1. The smallest absolute Gasteiger partial charge is 0.123 e. The van der Waals surface area contributed by atoms with Gasteiger partial charge in [0.05, 0.1) is 0 Å². The minimum atomic E-state index is -0.186. The summed E-state index contributed by atoms with van der Waals surface area (Å²) in [5.41, 5.74) is 1.11. The number of rotatable bonds is 8. The van der Waals surface area contributed by atoms with Crippen LogP contribution >= 0.6 is 0 Å². The van der Waals surface area contributed by atoms with Crippen LogP contribution in [0, 0.1) is 5.82 Å². The molecule has 1 N–H and O–H groups in total. The topological polar surface area (TPSA) is 21.3 Å². The van der Waals surface area contributed by atoms with Crippen molar-refractivity contribution in [3.63, 3.8) is 0 Å². The van der Waals surface area contributed by atoms with Crippen molar-refractivity contribution in [1.82, 2.24) is 5.32 Å². The Labute approximate surface area is 103 Å².